The molecule has 1 fully saturated rings. The second-order valence-electron chi connectivity index (χ2n) is 6.01. The molecule has 118 valence electrons. The monoisotopic (exact) mass is 312 g/mol. The van der Waals surface area contributed by atoms with Crippen LogP contribution in [0.1, 0.15) is 32.3 Å². The third-order valence-corrected chi connectivity index (χ3v) is 3.45. The number of benzene rings is 1. The molecule has 1 aliphatic carbocycles. The molecule has 1 aromatic rings. The Bertz CT molecular complexity index is 456. The fourth-order valence-electron chi connectivity index (χ4n) is 1.87. The van der Waals surface area contributed by atoms with Gasteiger partial charge in [0.25, 0.3) is 0 Å². The summed E-state index contributed by atoms with van der Waals surface area (Å²) in [5, 5.41) is 2.89. The van der Waals surface area contributed by atoms with E-state index in [-0.39, 0.29) is 18.3 Å². The molecular weight excluding hydrogens is 288 g/mol. The van der Waals surface area contributed by atoms with E-state index in [4.69, 9.17) is 10.5 Å². The predicted molar refractivity (Wildman–Crippen MR) is 86.9 cm³/mol. The SMILES string of the molecule is CC(C)COc1ccc(CCNC(=O)C2(N)CC2)cc1.Cl. The molecule has 21 heavy (non-hydrogen) atoms. The van der Waals surface area contributed by atoms with Gasteiger partial charge < -0.3 is 15.8 Å². The first-order valence-corrected chi connectivity index (χ1v) is 7.28. The van der Waals surface area contributed by atoms with Crippen molar-refractivity contribution < 1.29 is 9.53 Å². The van der Waals surface area contributed by atoms with Gasteiger partial charge in [-0.05, 0) is 42.9 Å². The molecule has 0 aromatic heterocycles. The summed E-state index contributed by atoms with van der Waals surface area (Å²) in [6.07, 6.45) is 2.42. The second kappa shape index (κ2) is 7.66. The lowest BCUT2D eigenvalue weighted by atomic mass is 10.1. The number of carbonyl (C=O) groups excluding carboxylic acids is 1. The molecule has 0 atom stereocenters. The molecule has 5 heteroatoms. The van der Waals surface area contributed by atoms with Crippen LogP contribution >= 0.6 is 12.4 Å². The molecule has 1 aliphatic rings. The molecule has 0 saturated heterocycles. The summed E-state index contributed by atoms with van der Waals surface area (Å²) < 4.78 is 5.63. The molecule has 3 N–H and O–H groups in total. The van der Waals surface area contributed by atoms with E-state index in [0.717, 1.165) is 31.6 Å². The molecule has 0 unspecified atom stereocenters. The first-order chi connectivity index (χ1) is 9.49. The Morgan fingerprint density at radius 3 is 2.48 bits per heavy atom. The van der Waals surface area contributed by atoms with Crippen molar-refractivity contribution in [2.75, 3.05) is 13.2 Å². The number of rotatable bonds is 7. The quantitative estimate of drug-likeness (QED) is 0.812. The molecule has 0 aliphatic heterocycles. The number of ether oxygens (including phenoxy) is 1. The van der Waals surface area contributed by atoms with E-state index in [9.17, 15) is 4.79 Å². The number of hydrogen-bond donors (Lipinski definition) is 2. The lowest BCUT2D eigenvalue weighted by Crippen LogP contribution is -2.43. The van der Waals surface area contributed by atoms with E-state index < -0.39 is 5.54 Å². The van der Waals surface area contributed by atoms with Gasteiger partial charge in [-0.1, -0.05) is 26.0 Å². The van der Waals surface area contributed by atoms with Gasteiger partial charge in [-0.15, -0.1) is 12.4 Å². The minimum Gasteiger partial charge on any atom is -0.493 e. The molecule has 1 amide bonds. The Morgan fingerprint density at radius 2 is 1.95 bits per heavy atom. The molecule has 1 aromatic carbocycles. The zero-order chi connectivity index (χ0) is 14.6. The summed E-state index contributed by atoms with van der Waals surface area (Å²) in [7, 11) is 0. The summed E-state index contributed by atoms with van der Waals surface area (Å²) in [5.41, 5.74) is 6.43. The van der Waals surface area contributed by atoms with E-state index >= 15 is 0 Å². The standard InChI is InChI=1S/C16H24N2O2.ClH/c1-12(2)11-20-14-5-3-13(4-6-14)7-10-18-15(19)16(17)8-9-16;/h3-6,12H,7-11,17H2,1-2H3,(H,18,19);1H. The average Bonchev–Trinajstić information content (AvgIpc) is 3.17. The molecule has 1 saturated carbocycles. The van der Waals surface area contributed by atoms with Crippen molar-refractivity contribution in [3.63, 3.8) is 0 Å². The highest BCUT2D eigenvalue weighted by molar-refractivity contribution is 5.88. The molecule has 0 spiro atoms. The molecule has 2 rings (SSSR count). The number of hydrogen-bond acceptors (Lipinski definition) is 3. The van der Waals surface area contributed by atoms with Crippen molar-refractivity contribution >= 4 is 18.3 Å². The largest absolute Gasteiger partial charge is 0.493 e. The van der Waals surface area contributed by atoms with Crippen molar-refractivity contribution in [1.29, 1.82) is 0 Å². The number of nitrogens with one attached hydrogen (secondary N) is 1. The van der Waals surface area contributed by atoms with Gasteiger partial charge in [0.05, 0.1) is 12.1 Å². The maximum atomic E-state index is 11.7. The summed E-state index contributed by atoms with van der Waals surface area (Å²) in [4.78, 5) is 11.7. The highest BCUT2D eigenvalue weighted by Crippen LogP contribution is 2.31. The van der Waals surface area contributed by atoms with E-state index in [1.165, 1.54) is 5.56 Å². The lowest BCUT2D eigenvalue weighted by Gasteiger charge is -2.11. The minimum absolute atomic E-state index is 0. The van der Waals surface area contributed by atoms with Crippen molar-refractivity contribution in [1.82, 2.24) is 5.32 Å². The van der Waals surface area contributed by atoms with E-state index in [1.807, 2.05) is 24.3 Å². The van der Waals surface area contributed by atoms with Crippen LogP contribution in [0.4, 0.5) is 0 Å². The molecule has 0 bridgehead atoms. The maximum Gasteiger partial charge on any atom is 0.240 e. The number of halogens is 1. The summed E-state index contributed by atoms with van der Waals surface area (Å²) >= 11 is 0. The summed E-state index contributed by atoms with van der Waals surface area (Å²) in [5.74, 6) is 1.40. The van der Waals surface area contributed by atoms with E-state index in [1.54, 1.807) is 0 Å². The van der Waals surface area contributed by atoms with Crippen LogP contribution in [-0.4, -0.2) is 24.6 Å². The van der Waals surface area contributed by atoms with Gasteiger partial charge >= 0.3 is 0 Å². The maximum absolute atomic E-state index is 11.7. The van der Waals surface area contributed by atoms with Crippen molar-refractivity contribution in [3.05, 3.63) is 29.8 Å². The normalized spacial score (nSPS) is 15.2. The van der Waals surface area contributed by atoms with Crippen LogP contribution in [-0.2, 0) is 11.2 Å². The van der Waals surface area contributed by atoms with Crippen LogP contribution < -0.4 is 15.8 Å². The van der Waals surface area contributed by atoms with Gasteiger partial charge in [-0.2, -0.15) is 0 Å². The number of carbonyl (C=O) groups is 1. The Kier molecular flexibility index (Phi) is 6.49. The first-order valence-electron chi connectivity index (χ1n) is 7.28. The third kappa shape index (κ3) is 5.56. The van der Waals surface area contributed by atoms with E-state index in [2.05, 4.69) is 19.2 Å². The van der Waals surface area contributed by atoms with Crippen LogP contribution in [0.3, 0.4) is 0 Å². The van der Waals surface area contributed by atoms with Crippen molar-refractivity contribution in [2.24, 2.45) is 11.7 Å². The smallest absolute Gasteiger partial charge is 0.240 e. The highest BCUT2D eigenvalue weighted by atomic mass is 35.5. The fourth-order valence-corrected chi connectivity index (χ4v) is 1.87. The van der Waals surface area contributed by atoms with Gasteiger partial charge in [-0.25, -0.2) is 0 Å². The predicted octanol–water partition coefficient (Wildman–Crippen LogP) is 2.29. The van der Waals surface area contributed by atoms with Crippen LogP contribution in [0.5, 0.6) is 5.75 Å². The molecule has 0 heterocycles. The fraction of sp³-hybridized carbons (Fsp3) is 0.562. The van der Waals surface area contributed by atoms with Gasteiger partial charge in [0, 0.05) is 6.54 Å². The van der Waals surface area contributed by atoms with Gasteiger partial charge in [0.1, 0.15) is 5.75 Å². The Balaban J connectivity index is 0.00000220. The minimum atomic E-state index is -0.575. The molecule has 0 radical (unpaired) electrons. The number of nitrogens with two attached hydrogens (primary N) is 1. The summed E-state index contributed by atoms with van der Waals surface area (Å²) in [6, 6.07) is 8.03. The topological polar surface area (TPSA) is 64.3 Å². The zero-order valence-corrected chi connectivity index (χ0v) is 13.5. The van der Waals surface area contributed by atoms with Crippen LogP contribution in [0.15, 0.2) is 24.3 Å². The van der Waals surface area contributed by atoms with E-state index in [0.29, 0.717) is 12.5 Å². The Morgan fingerprint density at radius 1 is 1.33 bits per heavy atom. The summed E-state index contributed by atoms with van der Waals surface area (Å²) in [6.45, 7) is 5.61. The molecular formula is C16H25ClN2O2. The Labute approximate surface area is 132 Å². The Hall–Kier alpha value is -1.26. The van der Waals surface area contributed by atoms with Crippen LogP contribution in [0, 0.1) is 5.92 Å². The second-order valence-corrected chi connectivity index (χ2v) is 6.01. The molecule has 4 nitrogen and oxygen atoms in total. The third-order valence-electron chi connectivity index (χ3n) is 3.45. The van der Waals surface area contributed by atoms with Crippen molar-refractivity contribution in [3.8, 4) is 5.75 Å². The van der Waals surface area contributed by atoms with Crippen LogP contribution in [0.2, 0.25) is 0 Å². The number of amides is 1. The van der Waals surface area contributed by atoms with Gasteiger partial charge in [0.2, 0.25) is 5.91 Å². The highest BCUT2D eigenvalue weighted by Gasteiger charge is 2.45. The average molecular weight is 313 g/mol. The van der Waals surface area contributed by atoms with Crippen molar-refractivity contribution in [2.45, 2.75) is 38.6 Å². The van der Waals surface area contributed by atoms with Crippen LogP contribution in [0.25, 0.3) is 0 Å². The van der Waals surface area contributed by atoms with Gasteiger partial charge in [-0.3, -0.25) is 4.79 Å². The first kappa shape index (κ1) is 17.8. The zero-order valence-electron chi connectivity index (χ0n) is 12.7. The van der Waals surface area contributed by atoms with Gasteiger partial charge in [0.15, 0.2) is 0 Å². The lowest BCUT2D eigenvalue weighted by molar-refractivity contribution is -0.123.